The zero-order chi connectivity index (χ0) is 9.84. The summed E-state index contributed by atoms with van der Waals surface area (Å²) in [6.45, 7) is 5.76. The molecule has 0 aliphatic heterocycles. The van der Waals surface area contributed by atoms with Crippen molar-refractivity contribution >= 4 is 17.4 Å². The van der Waals surface area contributed by atoms with Crippen LogP contribution in [0.15, 0.2) is 0 Å². The van der Waals surface area contributed by atoms with Crippen molar-refractivity contribution in [2.45, 2.75) is 33.2 Å². The molecule has 1 heterocycles. The first-order valence-corrected chi connectivity index (χ1v) is 5.02. The Labute approximate surface area is 81.6 Å². The highest BCUT2D eigenvalue weighted by Gasteiger charge is 2.12. The Kier molecular flexibility index (Phi) is 3.36. The monoisotopic (exact) mass is 199 g/mol. The minimum atomic E-state index is -0.125. The molecule has 1 aromatic heterocycles. The van der Waals surface area contributed by atoms with E-state index >= 15 is 0 Å². The van der Waals surface area contributed by atoms with E-state index in [1.165, 1.54) is 0 Å². The Morgan fingerprint density at radius 1 is 1.69 bits per heavy atom. The van der Waals surface area contributed by atoms with Crippen molar-refractivity contribution in [1.29, 1.82) is 0 Å². The molecule has 0 unspecified atom stereocenters. The van der Waals surface area contributed by atoms with E-state index in [1.54, 1.807) is 6.92 Å². The summed E-state index contributed by atoms with van der Waals surface area (Å²) < 4.78 is 3.94. The average Bonchev–Trinajstić information content (AvgIpc) is 2.51. The number of rotatable bonds is 3. The van der Waals surface area contributed by atoms with E-state index < -0.39 is 0 Å². The smallest absolute Gasteiger partial charge is 0.282 e. The lowest BCUT2D eigenvalue weighted by atomic mass is 10.2. The maximum atomic E-state index is 11.4. The third kappa shape index (κ3) is 2.77. The quantitative estimate of drug-likeness (QED) is 0.800. The summed E-state index contributed by atoms with van der Waals surface area (Å²) in [4.78, 5) is 15.4. The molecule has 0 bridgehead atoms. The first-order chi connectivity index (χ1) is 6.13. The lowest BCUT2D eigenvalue weighted by Crippen LogP contribution is -2.31. The van der Waals surface area contributed by atoms with E-state index in [2.05, 4.69) is 14.7 Å². The van der Waals surface area contributed by atoms with Gasteiger partial charge in [-0.3, -0.25) is 4.79 Å². The van der Waals surface area contributed by atoms with Gasteiger partial charge >= 0.3 is 0 Å². The molecular formula is C8H13N3OS. The van der Waals surface area contributed by atoms with Gasteiger partial charge < -0.3 is 5.32 Å². The number of carbonyl (C=O) groups excluding carboxylic acids is 1. The number of aryl methyl sites for hydroxylation is 1. The van der Waals surface area contributed by atoms with Crippen LogP contribution >= 0.6 is 11.5 Å². The predicted octanol–water partition coefficient (Wildman–Crippen LogP) is 1.37. The Morgan fingerprint density at radius 2 is 2.38 bits per heavy atom. The van der Waals surface area contributed by atoms with Gasteiger partial charge in [-0.2, -0.15) is 4.37 Å². The number of nitrogens with zero attached hydrogens (tertiary/aromatic N) is 2. The molecule has 5 heteroatoms. The summed E-state index contributed by atoms with van der Waals surface area (Å²) in [7, 11) is 0. The largest absolute Gasteiger partial charge is 0.347 e. The average molecular weight is 199 g/mol. The van der Waals surface area contributed by atoms with Crippen molar-refractivity contribution in [3.8, 4) is 0 Å². The van der Waals surface area contributed by atoms with Gasteiger partial charge in [-0.1, -0.05) is 6.92 Å². The Bertz CT molecular complexity index is 297. The van der Waals surface area contributed by atoms with Crippen LogP contribution in [0.25, 0.3) is 0 Å². The van der Waals surface area contributed by atoms with Crippen LogP contribution in [0.5, 0.6) is 0 Å². The van der Waals surface area contributed by atoms with Gasteiger partial charge in [0.15, 0.2) is 0 Å². The van der Waals surface area contributed by atoms with Crippen LogP contribution in [0.1, 0.15) is 35.9 Å². The summed E-state index contributed by atoms with van der Waals surface area (Å²) in [5, 5.41) is 3.27. The van der Waals surface area contributed by atoms with E-state index in [4.69, 9.17) is 0 Å². The lowest BCUT2D eigenvalue weighted by Gasteiger charge is -2.08. The number of amides is 1. The molecule has 0 aliphatic carbocycles. The number of carbonyl (C=O) groups is 1. The molecule has 0 radical (unpaired) electrons. The van der Waals surface area contributed by atoms with Crippen molar-refractivity contribution in [2.24, 2.45) is 0 Å². The Hall–Kier alpha value is -0.970. The maximum absolute atomic E-state index is 11.4. The van der Waals surface area contributed by atoms with Crippen LogP contribution < -0.4 is 5.32 Å². The van der Waals surface area contributed by atoms with Crippen LogP contribution in [0, 0.1) is 6.92 Å². The first kappa shape index (κ1) is 10.1. The van der Waals surface area contributed by atoms with Gasteiger partial charge in [0, 0.05) is 6.04 Å². The lowest BCUT2D eigenvalue weighted by molar-refractivity contribution is 0.0939. The second-order valence-electron chi connectivity index (χ2n) is 2.93. The Morgan fingerprint density at radius 3 is 2.85 bits per heavy atom. The molecule has 1 N–H and O–H groups in total. The van der Waals surface area contributed by atoms with Gasteiger partial charge in [0.05, 0.1) is 0 Å². The van der Waals surface area contributed by atoms with E-state index in [1.807, 2.05) is 13.8 Å². The molecule has 4 nitrogen and oxygen atoms in total. The topological polar surface area (TPSA) is 54.9 Å². The zero-order valence-electron chi connectivity index (χ0n) is 8.00. The second kappa shape index (κ2) is 4.32. The zero-order valence-corrected chi connectivity index (χ0v) is 8.81. The minimum absolute atomic E-state index is 0.125. The fourth-order valence-corrected chi connectivity index (χ4v) is 1.35. The fraction of sp³-hybridized carbons (Fsp3) is 0.625. The number of nitrogens with one attached hydrogen (secondary N) is 1. The summed E-state index contributed by atoms with van der Waals surface area (Å²) in [5.74, 6) is 0.527. The van der Waals surface area contributed by atoms with Gasteiger partial charge in [0.2, 0.25) is 5.01 Å². The molecular weight excluding hydrogens is 186 g/mol. The summed E-state index contributed by atoms with van der Waals surface area (Å²) >= 11 is 1.14. The van der Waals surface area contributed by atoms with E-state index in [0.29, 0.717) is 10.8 Å². The molecule has 1 rings (SSSR count). The summed E-state index contributed by atoms with van der Waals surface area (Å²) in [5.41, 5.74) is 0. The number of hydrogen-bond donors (Lipinski definition) is 1. The Balaban J connectivity index is 2.58. The van der Waals surface area contributed by atoms with Crippen LogP contribution in [0.2, 0.25) is 0 Å². The normalized spacial score (nSPS) is 12.5. The second-order valence-corrected chi connectivity index (χ2v) is 3.68. The molecule has 0 fully saturated rings. The standard InChI is InChI=1S/C8H13N3OS/c1-4-5(2)9-7(12)8-10-6(3)11-13-8/h5H,4H2,1-3H3,(H,9,12)/t5-/m0/s1. The van der Waals surface area contributed by atoms with Crippen molar-refractivity contribution in [3.63, 3.8) is 0 Å². The summed E-state index contributed by atoms with van der Waals surface area (Å²) in [6.07, 6.45) is 0.920. The third-order valence-corrected chi connectivity index (χ3v) is 2.52. The highest BCUT2D eigenvalue weighted by molar-refractivity contribution is 7.07. The SMILES string of the molecule is CC[C@H](C)NC(=O)c1nc(C)ns1. The van der Waals surface area contributed by atoms with Crippen LogP contribution in [-0.2, 0) is 0 Å². The first-order valence-electron chi connectivity index (χ1n) is 4.24. The van der Waals surface area contributed by atoms with Crippen molar-refractivity contribution in [1.82, 2.24) is 14.7 Å². The molecule has 72 valence electrons. The fourth-order valence-electron chi connectivity index (χ4n) is 0.777. The van der Waals surface area contributed by atoms with Crippen LogP contribution in [-0.4, -0.2) is 21.3 Å². The molecule has 0 saturated carbocycles. The molecule has 0 spiro atoms. The van der Waals surface area contributed by atoms with Gasteiger partial charge in [-0.25, -0.2) is 4.98 Å². The molecule has 0 aliphatic rings. The molecule has 0 aromatic carbocycles. The predicted molar refractivity (Wildman–Crippen MR) is 51.9 cm³/mol. The van der Waals surface area contributed by atoms with E-state index in [9.17, 15) is 4.79 Å². The third-order valence-electron chi connectivity index (χ3n) is 1.71. The van der Waals surface area contributed by atoms with Gasteiger partial charge in [-0.15, -0.1) is 0 Å². The molecule has 0 saturated heterocycles. The van der Waals surface area contributed by atoms with E-state index in [0.717, 1.165) is 18.0 Å². The van der Waals surface area contributed by atoms with Crippen molar-refractivity contribution in [2.75, 3.05) is 0 Å². The van der Waals surface area contributed by atoms with E-state index in [-0.39, 0.29) is 11.9 Å². The van der Waals surface area contributed by atoms with Crippen LogP contribution in [0.3, 0.4) is 0 Å². The summed E-state index contributed by atoms with van der Waals surface area (Å²) in [6, 6.07) is 0.191. The highest BCUT2D eigenvalue weighted by Crippen LogP contribution is 2.03. The van der Waals surface area contributed by atoms with Gasteiger partial charge in [-0.05, 0) is 31.8 Å². The molecule has 13 heavy (non-hydrogen) atoms. The number of aromatic nitrogens is 2. The van der Waals surface area contributed by atoms with Crippen molar-refractivity contribution in [3.05, 3.63) is 10.8 Å². The van der Waals surface area contributed by atoms with Gasteiger partial charge in [0.25, 0.3) is 5.91 Å². The maximum Gasteiger partial charge on any atom is 0.282 e. The molecule has 1 aromatic rings. The minimum Gasteiger partial charge on any atom is -0.347 e. The van der Waals surface area contributed by atoms with Crippen LogP contribution in [0.4, 0.5) is 0 Å². The molecule has 1 amide bonds. The van der Waals surface area contributed by atoms with Crippen molar-refractivity contribution < 1.29 is 4.79 Å². The van der Waals surface area contributed by atoms with Gasteiger partial charge in [0.1, 0.15) is 5.82 Å². The highest BCUT2D eigenvalue weighted by atomic mass is 32.1. The molecule has 1 atom stereocenters. The number of hydrogen-bond acceptors (Lipinski definition) is 4.